The number of nitrogens with zero attached hydrogens (tertiary/aromatic N) is 2. The van der Waals surface area contributed by atoms with E-state index in [0.717, 1.165) is 20.7 Å². The maximum Gasteiger partial charge on any atom is 0.272 e. The molecule has 0 radical (unpaired) electrons. The molecule has 1 heterocycles. The van der Waals surface area contributed by atoms with Crippen molar-refractivity contribution >= 4 is 10.0 Å². The molecule has 2 aromatic carbocycles. The summed E-state index contributed by atoms with van der Waals surface area (Å²) in [6.45, 7) is 6.03. The molecule has 0 aliphatic carbocycles. The molecule has 26 heavy (non-hydrogen) atoms. The molecule has 0 saturated carbocycles. The number of ether oxygens (including phenoxy) is 1. The summed E-state index contributed by atoms with van der Waals surface area (Å²) >= 11 is 0. The van der Waals surface area contributed by atoms with Gasteiger partial charge in [0.05, 0.1) is 12.8 Å². The predicted molar refractivity (Wildman–Crippen MR) is 102 cm³/mol. The van der Waals surface area contributed by atoms with Crippen molar-refractivity contribution < 1.29 is 13.2 Å². The molecule has 0 amide bonds. The van der Waals surface area contributed by atoms with Gasteiger partial charge in [-0.3, -0.25) is 0 Å². The van der Waals surface area contributed by atoms with E-state index in [-0.39, 0.29) is 10.8 Å². The van der Waals surface area contributed by atoms with Gasteiger partial charge in [-0.15, -0.1) is 0 Å². The molecule has 0 atom stereocenters. The lowest BCUT2D eigenvalue weighted by Gasteiger charge is -2.16. The van der Waals surface area contributed by atoms with Gasteiger partial charge in [-0.2, -0.15) is 0 Å². The molecular weight excluding hydrogens is 348 g/mol. The van der Waals surface area contributed by atoms with Gasteiger partial charge in [0.25, 0.3) is 10.0 Å². The maximum atomic E-state index is 13.2. The highest BCUT2D eigenvalue weighted by molar-refractivity contribution is 7.90. The summed E-state index contributed by atoms with van der Waals surface area (Å²) in [6.07, 6.45) is 2.85. The van der Waals surface area contributed by atoms with E-state index < -0.39 is 10.0 Å². The van der Waals surface area contributed by atoms with Gasteiger partial charge >= 0.3 is 0 Å². The number of hydrogen-bond donors (Lipinski definition) is 0. The van der Waals surface area contributed by atoms with E-state index in [1.54, 1.807) is 12.1 Å². The first-order valence-electron chi connectivity index (χ1n) is 8.38. The van der Waals surface area contributed by atoms with E-state index in [9.17, 15) is 8.42 Å². The summed E-state index contributed by atoms with van der Waals surface area (Å²) in [5.41, 5.74) is 3.45. The monoisotopic (exact) mass is 370 g/mol. The molecule has 0 bridgehead atoms. The number of methoxy groups -OCH3 is 1. The van der Waals surface area contributed by atoms with Crippen LogP contribution in [0.5, 0.6) is 5.75 Å². The Balaban J connectivity index is 2.12. The van der Waals surface area contributed by atoms with Crippen LogP contribution in [0, 0.1) is 6.92 Å². The molecule has 6 heteroatoms. The number of aromatic nitrogens is 2. The molecule has 0 spiro atoms. The van der Waals surface area contributed by atoms with E-state index in [1.165, 1.54) is 19.6 Å². The van der Waals surface area contributed by atoms with Crippen LogP contribution >= 0.6 is 0 Å². The lowest BCUT2D eigenvalue weighted by molar-refractivity contribution is 0.401. The summed E-state index contributed by atoms with van der Waals surface area (Å²) in [5.74, 6) is 0.541. The Bertz CT molecular complexity index is 1020. The van der Waals surface area contributed by atoms with E-state index >= 15 is 0 Å². The molecule has 5 nitrogen and oxygen atoms in total. The summed E-state index contributed by atoms with van der Waals surface area (Å²) < 4.78 is 32.9. The zero-order valence-electron chi connectivity index (χ0n) is 15.3. The van der Waals surface area contributed by atoms with Crippen LogP contribution in [-0.4, -0.2) is 24.5 Å². The van der Waals surface area contributed by atoms with Crippen molar-refractivity contribution in [1.82, 2.24) is 8.96 Å². The minimum Gasteiger partial charge on any atom is -0.495 e. The standard InChI is InChI=1S/C20H22N2O3S/c1-14(2)17-11-20(19(25-4)10-15(17)3)26(23,24)22-12-18(21-13-22)16-8-6-5-7-9-16/h5-14H,1-4H3. The average Bonchev–Trinajstić information content (AvgIpc) is 3.12. The van der Waals surface area contributed by atoms with Crippen molar-refractivity contribution in [1.29, 1.82) is 0 Å². The zero-order valence-corrected chi connectivity index (χ0v) is 16.1. The number of aryl methyl sites for hydroxylation is 1. The Kier molecular flexibility index (Phi) is 4.87. The van der Waals surface area contributed by atoms with Crippen molar-refractivity contribution in [2.45, 2.75) is 31.6 Å². The van der Waals surface area contributed by atoms with Crippen LogP contribution in [0.2, 0.25) is 0 Å². The van der Waals surface area contributed by atoms with Crippen LogP contribution in [0.1, 0.15) is 30.9 Å². The fourth-order valence-electron chi connectivity index (χ4n) is 2.97. The van der Waals surface area contributed by atoms with Gasteiger partial charge in [0.2, 0.25) is 0 Å². The van der Waals surface area contributed by atoms with Gasteiger partial charge in [0.1, 0.15) is 17.0 Å². The number of imidazole rings is 1. The summed E-state index contributed by atoms with van der Waals surface area (Å²) in [6, 6.07) is 12.9. The Morgan fingerprint density at radius 1 is 1.12 bits per heavy atom. The second-order valence-corrected chi connectivity index (χ2v) is 8.29. The Hall–Kier alpha value is -2.60. The van der Waals surface area contributed by atoms with E-state index in [0.29, 0.717) is 11.4 Å². The lowest BCUT2D eigenvalue weighted by atomic mass is 9.98. The van der Waals surface area contributed by atoms with Crippen molar-refractivity contribution in [3.05, 3.63) is 66.1 Å². The highest BCUT2D eigenvalue weighted by atomic mass is 32.2. The Morgan fingerprint density at radius 2 is 1.81 bits per heavy atom. The van der Waals surface area contributed by atoms with Crippen LogP contribution < -0.4 is 4.74 Å². The largest absolute Gasteiger partial charge is 0.495 e. The van der Waals surface area contributed by atoms with Crippen LogP contribution in [0.15, 0.2) is 59.9 Å². The molecule has 3 aromatic rings. The Labute approximate surface area is 154 Å². The highest BCUT2D eigenvalue weighted by Gasteiger charge is 2.24. The third kappa shape index (κ3) is 3.24. The molecule has 0 N–H and O–H groups in total. The second kappa shape index (κ2) is 6.96. The molecule has 0 saturated heterocycles. The van der Waals surface area contributed by atoms with Crippen molar-refractivity contribution in [2.24, 2.45) is 0 Å². The normalized spacial score (nSPS) is 11.7. The quantitative estimate of drug-likeness (QED) is 0.674. The van der Waals surface area contributed by atoms with Gasteiger partial charge in [0, 0.05) is 11.8 Å². The van der Waals surface area contributed by atoms with E-state index in [4.69, 9.17) is 4.74 Å². The molecule has 0 fully saturated rings. The van der Waals surface area contributed by atoms with Gasteiger partial charge in [-0.1, -0.05) is 44.2 Å². The molecule has 0 aliphatic heterocycles. The second-order valence-electron chi connectivity index (χ2n) is 6.47. The van der Waals surface area contributed by atoms with Crippen LogP contribution in [0.25, 0.3) is 11.3 Å². The average molecular weight is 370 g/mol. The van der Waals surface area contributed by atoms with E-state index in [2.05, 4.69) is 4.98 Å². The van der Waals surface area contributed by atoms with Crippen LogP contribution in [0.4, 0.5) is 0 Å². The lowest BCUT2D eigenvalue weighted by Crippen LogP contribution is -2.13. The molecule has 136 valence electrons. The van der Waals surface area contributed by atoms with Gasteiger partial charge < -0.3 is 4.74 Å². The summed E-state index contributed by atoms with van der Waals surface area (Å²) in [5, 5.41) is 0. The van der Waals surface area contributed by atoms with Crippen molar-refractivity contribution in [3.8, 4) is 17.0 Å². The zero-order chi connectivity index (χ0) is 18.9. The molecule has 0 aliphatic rings. The number of hydrogen-bond acceptors (Lipinski definition) is 4. The first-order chi connectivity index (χ1) is 12.3. The third-order valence-corrected chi connectivity index (χ3v) is 5.99. The van der Waals surface area contributed by atoms with Gasteiger partial charge in [-0.25, -0.2) is 17.4 Å². The fraction of sp³-hybridized carbons (Fsp3) is 0.250. The molecular formula is C20H22N2O3S. The first kappa shape index (κ1) is 18.2. The minimum absolute atomic E-state index is 0.145. The van der Waals surface area contributed by atoms with Gasteiger partial charge in [0.15, 0.2) is 0 Å². The summed E-state index contributed by atoms with van der Waals surface area (Å²) in [7, 11) is -2.33. The third-order valence-electron chi connectivity index (χ3n) is 4.36. The van der Waals surface area contributed by atoms with Gasteiger partial charge in [-0.05, 0) is 36.1 Å². The SMILES string of the molecule is COc1cc(C)c(C(C)C)cc1S(=O)(=O)n1cnc(-c2ccccc2)c1. The van der Waals surface area contributed by atoms with E-state index in [1.807, 2.05) is 51.1 Å². The minimum atomic E-state index is -3.81. The summed E-state index contributed by atoms with van der Waals surface area (Å²) in [4.78, 5) is 4.40. The van der Waals surface area contributed by atoms with Crippen LogP contribution in [-0.2, 0) is 10.0 Å². The molecule has 1 aromatic heterocycles. The fourth-order valence-corrected chi connectivity index (χ4v) is 4.28. The number of benzene rings is 2. The smallest absolute Gasteiger partial charge is 0.272 e. The Morgan fingerprint density at radius 3 is 2.42 bits per heavy atom. The first-order valence-corrected chi connectivity index (χ1v) is 9.82. The predicted octanol–water partition coefficient (Wildman–Crippen LogP) is 4.23. The highest BCUT2D eigenvalue weighted by Crippen LogP contribution is 2.32. The van der Waals surface area contributed by atoms with Crippen molar-refractivity contribution in [2.75, 3.05) is 7.11 Å². The van der Waals surface area contributed by atoms with Crippen LogP contribution in [0.3, 0.4) is 0 Å². The van der Waals surface area contributed by atoms with Crippen molar-refractivity contribution in [3.63, 3.8) is 0 Å². The molecule has 0 unspecified atom stereocenters. The maximum absolute atomic E-state index is 13.2. The molecule has 3 rings (SSSR count). The topological polar surface area (TPSA) is 61.2 Å². The number of rotatable bonds is 5.